The zero-order valence-electron chi connectivity index (χ0n) is 31.5. The average Bonchev–Trinajstić information content (AvgIpc) is 3.58. The molecule has 0 bridgehead atoms. The van der Waals surface area contributed by atoms with Gasteiger partial charge in [-0.1, -0.05) is 65.5 Å². The van der Waals surface area contributed by atoms with Crippen LogP contribution in [0.15, 0.2) is 23.8 Å². The highest BCUT2D eigenvalue weighted by molar-refractivity contribution is 5.74. The van der Waals surface area contributed by atoms with E-state index in [9.17, 15) is 25.1 Å². The number of nitrogens with zero attached hydrogens (tertiary/aromatic N) is 3. The van der Waals surface area contributed by atoms with Gasteiger partial charge in [0.15, 0.2) is 0 Å². The van der Waals surface area contributed by atoms with Crippen LogP contribution in [0.5, 0.6) is 0 Å². The summed E-state index contributed by atoms with van der Waals surface area (Å²) in [6.07, 6.45) is 15.0. The standard InChI is InChI=1S/C41H67N3O6/c1-29-23-30(2)25-32(4)40(47)34(27-42)13-8-9-16-38(50-39(46)26-37(45)31(3)24-29)35-14-10-15-36(35)41(48)49-22-21-43-17-19-44(20-18-43)28-33-11-6-5-7-12-33/h8-9,13,29-33,35-38,40,45,47H,5-7,10-12,14-26,28H2,1-4H3/b9-8+,34-13-/t29-,30+,31-,32-,35+,36+,37-,38-,40+/m0/s1. The minimum Gasteiger partial charge on any atom is -0.464 e. The molecule has 9 heteroatoms. The maximum absolute atomic E-state index is 13.5. The van der Waals surface area contributed by atoms with Gasteiger partial charge in [0.1, 0.15) is 12.7 Å². The third-order valence-corrected chi connectivity index (χ3v) is 12.1. The van der Waals surface area contributed by atoms with Crippen molar-refractivity contribution in [3.8, 4) is 6.07 Å². The number of ether oxygens (including phenoxy) is 2. The maximum Gasteiger partial charge on any atom is 0.309 e. The van der Waals surface area contributed by atoms with E-state index in [1.54, 1.807) is 12.2 Å². The minimum absolute atomic E-state index is 0.0757. The number of cyclic esters (lactones) is 1. The fraction of sp³-hybridized carbons (Fsp3) is 0.829. The molecule has 2 N–H and O–H groups in total. The summed E-state index contributed by atoms with van der Waals surface area (Å²) in [6.45, 7) is 14.8. The zero-order chi connectivity index (χ0) is 36.0. The van der Waals surface area contributed by atoms with Crippen LogP contribution < -0.4 is 0 Å². The molecule has 9 nitrogen and oxygen atoms in total. The fourth-order valence-electron chi connectivity index (χ4n) is 9.27. The molecule has 1 saturated heterocycles. The summed E-state index contributed by atoms with van der Waals surface area (Å²) in [5.74, 6) is 0.159. The van der Waals surface area contributed by atoms with Gasteiger partial charge in [-0.2, -0.15) is 5.26 Å². The number of nitriles is 1. The van der Waals surface area contributed by atoms with Crippen LogP contribution >= 0.6 is 0 Å². The molecule has 2 saturated carbocycles. The zero-order valence-corrected chi connectivity index (χ0v) is 31.5. The van der Waals surface area contributed by atoms with Crippen molar-refractivity contribution in [2.75, 3.05) is 45.9 Å². The largest absolute Gasteiger partial charge is 0.464 e. The molecule has 50 heavy (non-hydrogen) atoms. The van der Waals surface area contributed by atoms with E-state index < -0.39 is 24.3 Å². The fourth-order valence-corrected chi connectivity index (χ4v) is 9.27. The van der Waals surface area contributed by atoms with Crippen molar-refractivity contribution in [1.82, 2.24) is 9.80 Å². The maximum atomic E-state index is 13.5. The van der Waals surface area contributed by atoms with Gasteiger partial charge < -0.3 is 24.6 Å². The molecular weight excluding hydrogens is 630 g/mol. The Morgan fingerprint density at radius 3 is 2.30 bits per heavy atom. The summed E-state index contributed by atoms with van der Waals surface area (Å²) >= 11 is 0. The normalized spacial score (nSPS) is 37.0. The molecule has 0 aromatic heterocycles. The number of aliphatic hydroxyl groups excluding tert-OH is 2. The molecule has 0 radical (unpaired) electrons. The first-order valence-electron chi connectivity index (χ1n) is 20.0. The van der Waals surface area contributed by atoms with Crippen LogP contribution in [0.1, 0.15) is 111 Å². The molecule has 2 aliphatic carbocycles. The van der Waals surface area contributed by atoms with E-state index in [-0.39, 0.29) is 36.1 Å². The highest BCUT2D eigenvalue weighted by Gasteiger charge is 2.41. The number of hydrogen-bond donors (Lipinski definition) is 2. The first-order valence-corrected chi connectivity index (χ1v) is 20.0. The molecule has 2 aliphatic heterocycles. The van der Waals surface area contributed by atoms with E-state index >= 15 is 0 Å². The summed E-state index contributed by atoms with van der Waals surface area (Å²) in [4.78, 5) is 31.7. The second kappa shape index (κ2) is 20.7. The van der Waals surface area contributed by atoms with Crippen molar-refractivity contribution in [3.05, 3.63) is 23.8 Å². The van der Waals surface area contributed by atoms with Gasteiger partial charge >= 0.3 is 11.9 Å². The van der Waals surface area contributed by atoms with Gasteiger partial charge in [-0.25, -0.2) is 0 Å². The van der Waals surface area contributed by atoms with E-state index in [0.717, 1.165) is 70.7 Å². The Morgan fingerprint density at radius 1 is 0.920 bits per heavy atom. The van der Waals surface area contributed by atoms with Crippen LogP contribution in [0.25, 0.3) is 0 Å². The Bertz CT molecular complexity index is 1150. The first-order chi connectivity index (χ1) is 24.0. The molecule has 0 amide bonds. The quantitative estimate of drug-likeness (QED) is 0.296. The van der Waals surface area contributed by atoms with Crippen LogP contribution in [0.2, 0.25) is 0 Å². The first kappa shape index (κ1) is 40.5. The lowest BCUT2D eigenvalue weighted by Crippen LogP contribution is -2.48. The number of hydrogen-bond acceptors (Lipinski definition) is 9. The van der Waals surface area contributed by atoms with Gasteiger partial charge in [0, 0.05) is 51.6 Å². The lowest BCUT2D eigenvalue weighted by Gasteiger charge is -2.37. The number of piperazine rings is 1. The number of carbonyl (C=O) groups is 2. The van der Waals surface area contributed by atoms with E-state index in [1.165, 1.54) is 38.6 Å². The van der Waals surface area contributed by atoms with Crippen LogP contribution in [0.4, 0.5) is 0 Å². The Morgan fingerprint density at radius 2 is 1.60 bits per heavy atom. The summed E-state index contributed by atoms with van der Waals surface area (Å²) in [6, 6.07) is 2.18. The van der Waals surface area contributed by atoms with Crippen molar-refractivity contribution in [2.45, 2.75) is 129 Å². The van der Waals surface area contributed by atoms with Gasteiger partial charge in [-0.05, 0) is 80.6 Å². The summed E-state index contributed by atoms with van der Waals surface area (Å²) in [7, 11) is 0. The third-order valence-electron chi connectivity index (χ3n) is 12.1. The third kappa shape index (κ3) is 12.8. The highest BCUT2D eigenvalue weighted by atomic mass is 16.5. The number of rotatable bonds is 7. The molecule has 3 fully saturated rings. The SMILES string of the molecule is C[C@@H]1C[C@H](C)C[C@H](C)[C@@H](O)CC(=O)O[C@H]([C@@H]2CCC[C@H]2C(=O)OCCN2CCN(CC3CCCCC3)CC2)C/C=C/C=C(/C#N)[C@H](O)[C@@H](C)C1. The van der Waals surface area contributed by atoms with Crippen LogP contribution in [-0.4, -0.2) is 96.1 Å². The molecule has 9 atom stereocenters. The lowest BCUT2D eigenvalue weighted by molar-refractivity contribution is -0.161. The highest BCUT2D eigenvalue weighted by Crippen LogP contribution is 2.38. The van der Waals surface area contributed by atoms with Crippen molar-refractivity contribution >= 4 is 11.9 Å². The Balaban J connectivity index is 1.36. The summed E-state index contributed by atoms with van der Waals surface area (Å²) in [5.41, 5.74) is 0.313. The van der Waals surface area contributed by atoms with Gasteiger partial charge in [-0.15, -0.1) is 0 Å². The van der Waals surface area contributed by atoms with E-state index in [2.05, 4.69) is 29.7 Å². The van der Waals surface area contributed by atoms with Crippen molar-refractivity contribution in [2.24, 2.45) is 41.4 Å². The van der Waals surface area contributed by atoms with Crippen molar-refractivity contribution < 1.29 is 29.3 Å². The van der Waals surface area contributed by atoms with Crippen LogP contribution in [-0.2, 0) is 19.1 Å². The number of aliphatic hydroxyl groups is 2. The number of allylic oxidation sites excluding steroid dienone is 2. The van der Waals surface area contributed by atoms with Crippen molar-refractivity contribution in [3.63, 3.8) is 0 Å². The molecule has 0 aromatic carbocycles. The lowest BCUT2D eigenvalue weighted by atomic mass is 9.82. The second-order valence-electron chi connectivity index (χ2n) is 16.5. The molecular formula is C41H67N3O6. The Kier molecular flexibility index (Phi) is 16.8. The van der Waals surface area contributed by atoms with Gasteiger partial charge in [0.2, 0.25) is 0 Å². The monoisotopic (exact) mass is 698 g/mol. The molecule has 282 valence electrons. The van der Waals surface area contributed by atoms with Crippen molar-refractivity contribution in [1.29, 1.82) is 5.26 Å². The molecule has 0 spiro atoms. The summed E-state index contributed by atoms with van der Waals surface area (Å²) in [5, 5.41) is 31.8. The molecule has 0 unspecified atom stereocenters. The van der Waals surface area contributed by atoms with Gasteiger partial charge in [0.25, 0.3) is 0 Å². The average molecular weight is 698 g/mol. The predicted octanol–water partition coefficient (Wildman–Crippen LogP) is 6.29. The Labute approximate surface area is 302 Å². The minimum atomic E-state index is -0.866. The smallest absolute Gasteiger partial charge is 0.309 e. The van der Waals surface area contributed by atoms with Gasteiger partial charge in [0.05, 0.1) is 36.2 Å². The van der Waals surface area contributed by atoms with Crippen LogP contribution in [0.3, 0.4) is 0 Å². The molecule has 2 heterocycles. The Hall–Kier alpha value is -2.25. The predicted molar refractivity (Wildman–Crippen MR) is 196 cm³/mol. The summed E-state index contributed by atoms with van der Waals surface area (Å²) < 4.78 is 11.9. The van der Waals surface area contributed by atoms with E-state index in [0.29, 0.717) is 36.9 Å². The number of esters is 2. The molecule has 4 aliphatic rings. The molecule has 0 aromatic rings. The van der Waals surface area contributed by atoms with E-state index in [4.69, 9.17) is 9.47 Å². The topological polar surface area (TPSA) is 123 Å². The number of carbonyl (C=O) groups excluding carboxylic acids is 2. The van der Waals surface area contributed by atoms with Crippen LogP contribution in [0, 0.1) is 52.8 Å². The van der Waals surface area contributed by atoms with Gasteiger partial charge in [-0.3, -0.25) is 14.5 Å². The van der Waals surface area contributed by atoms with E-state index in [1.807, 2.05) is 19.9 Å². The second-order valence-corrected chi connectivity index (χ2v) is 16.5. The molecule has 4 rings (SSSR count).